The van der Waals surface area contributed by atoms with E-state index in [1.54, 1.807) is 21.8 Å². The number of aromatic nitrogens is 4. The molecule has 1 aliphatic heterocycles. The van der Waals surface area contributed by atoms with Gasteiger partial charge < -0.3 is 19.7 Å². The quantitative estimate of drug-likeness (QED) is 0.389. The minimum Gasteiger partial charge on any atom is -0.496 e. The summed E-state index contributed by atoms with van der Waals surface area (Å²) in [6, 6.07) is 6.92. The van der Waals surface area contributed by atoms with E-state index in [1.165, 1.54) is 37.6 Å². The average molecular weight is 507 g/mol. The fourth-order valence-corrected chi connectivity index (χ4v) is 4.59. The molecule has 2 aromatic carbocycles. The van der Waals surface area contributed by atoms with Gasteiger partial charge in [-0.25, -0.2) is 13.6 Å². The molecule has 0 saturated carbocycles. The first kappa shape index (κ1) is 24.2. The lowest BCUT2D eigenvalue weighted by molar-refractivity contribution is -0.131. The zero-order chi connectivity index (χ0) is 26.1. The smallest absolute Gasteiger partial charge is 0.352 e. The molecule has 9 nitrogen and oxygen atoms in total. The van der Waals surface area contributed by atoms with Gasteiger partial charge in [-0.1, -0.05) is 11.3 Å². The van der Waals surface area contributed by atoms with Crippen LogP contribution in [0.2, 0.25) is 0 Å². The number of ether oxygens (including phenoxy) is 1. The van der Waals surface area contributed by atoms with Crippen LogP contribution in [0.4, 0.5) is 8.78 Å². The van der Waals surface area contributed by atoms with Gasteiger partial charge in [0.2, 0.25) is 5.91 Å². The molecule has 2 N–H and O–H groups in total. The molecule has 3 heterocycles. The van der Waals surface area contributed by atoms with E-state index in [0.717, 1.165) is 0 Å². The van der Waals surface area contributed by atoms with Crippen molar-refractivity contribution >= 4 is 28.4 Å². The summed E-state index contributed by atoms with van der Waals surface area (Å²) in [4.78, 5) is 28.8. The maximum absolute atomic E-state index is 15.9. The van der Waals surface area contributed by atoms with Crippen molar-refractivity contribution in [2.24, 2.45) is 0 Å². The Morgan fingerprint density at radius 2 is 2.00 bits per heavy atom. The van der Waals surface area contributed by atoms with Crippen molar-refractivity contribution in [2.45, 2.75) is 19.4 Å². The number of aromatic amines is 1. The number of hydrogen-bond donors (Lipinski definition) is 2. The molecule has 0 fully saturated rings. The Kier molecular flexibility index (Phi) is 6.43. The summed E-state index contributed by atoms with van der Waals surface area (Å²) in [6.07, 6.45) is 5.83. The molecule has 0 spiro atoms. The number of nitrogens with zero attached hydrogens (tertiary/aromatic N) is 4. The van der Waals surface area contributed by atoms with Crippen molar-refractivity contribution < 1.29 is 28.2 Å². The van der Waals surface area contributed by atoms with Gasteiger partial charge in [0.1, 0.15) is 17.3 Å². The molecule has 0 bridgehead atoms. The van der Waals surface area contributed by atoms with Crippen LogP contribution in [0, 0.1) is 11.6 Å². The fourth-order valence-electron chi connectivity index (χ4n) is 4.59. The van der Waals surface area contributed by atoms with E-state index in [0.29, 0.717) is 41.6 Å². The summed E-state index contributed by atoms with van der Waals surface area (Å²) in [5, 5.41) is 17.4. The molecule has 11 heteroatoms. The number of fused-ring (bicyclic) bond motifs is 1. The summed E-state index contributed by atoms with van der Waals surface area (Å²) in [5.74, 6) is -2.25. The highest BCUT2D eigenvalue weighted by Gasteiger charge is 2.25. The zero-order valence-corrected chi connectivity index (χ0v) is 19.9. The number of methoxy groups -OCH3 is 1. The Morgan fingerprint density at radius 1 is 1.16 bits per heavy atom. The summed E-state index contributed by atoms with van der Waals surface area (Å²) in [5.41, 5.74) is 1.59. The van der Waals surface area contributed by atoms with Crippen LogP contribution in [0.25, 0.3) is 27.6 Å². The van der Waals surface area contributed by atoms with E-state index >= 15 is 4.39 Å². The standard InChI is InChI=1S/C26H23F2N5O4/c1-37-22-11-16(27)4-5-17(22)19-12-18(24(28)25-20(19)13-21(30-25)26(35)36)15-3-2-8-32(14-15)23(34)6-9-33-10-7-29-31-33/h3-5,7,10-13,30H,2,6,8-9,14H2,1H3,(H,35,36). The maximum atomic E-state index is 15.9. The van der Waals surface area contributed by atoms with Gasteiger partial charge >= 0.3 is 5.97 Å². The molecule has 190 valence electrons. The van der Waals surface area contributed by atoms with Crippen LogP contribution in [-0.4, -0.2) is 62.1 Å². The van der Waals surface area contributed by atoms with Gasteiger partial charge in [-0.3, -0.25) is 9.48 Å². The summed E-state index contributed by atoms with van der Waals surface area (Å²) >= 11 is 0. The molecule has 5 rings (SSSR count). The monoisotopic (exact) mass is 507 g/mol. The van der Waals surface area contributed by atoms with E-state index in [9.17, 15) is 19.1 Å². The van der Waals surface area contributed by atoms with Crippen molar-refractivity contribution in [3.8, 4) is 16.9 Å². The van der Waals surface area contributed by atoms with Gasteiger partial charge in [0.25, 0.3) is 0 Å². The molecule has 0 radical (unpaired) electrons. The summed E-state index contributed by atoms with van der Waals surface area (Å²) < 4.78 is 36.7. The van der Waals surface area contributed by atoms with Crippen LogP contribution in [0.3, 0.4) is 0 Å². The highest BCUT2D eigenvalue weighted by atomic mass is 19.1. The van der Waals surface area contributed by atoms with Crippen LogP contribution in [-0.2, 0) is 11.3 Å². The third kappa shape index (κ3) is 4.67. The lowest BCUT2D eigenvalue weighted by Crippen LogP contribution is -2.36. The Morgan fingerprint density at radius 3 is 2.73 bits per heavy atom. The third-order valence-corrected chi connectivity index (χ3v) is 6.41. The molecule has 0 atom stereocenters. The van der Waals surface area contributed by atoms with E-state index in [4.69, 9.17) is 4.74 Å². The van der Waals surface area contributed by atoms with Gasteiger partial charge in [0, 0.05) is 48.3 Å². The Hall–Kier alpha value is -4.54. The molecule has 1 aliphatic rings. The topological polar surface area (TPSA) is 113 Å². The first-order valence-electron chi connectivity index (χ1n) is 11.6. The minimum atomic E-state index is -1.24. The average Bonchev–Trinajstić information content (AvgIpc) is 3.59. The number of rotatable bonds is 7. The Labute approximate surface area is 210 Å². The SMILES string of the molecule is COc1cc(F)ccc1-c1cc(C2=CCCN(C(=O)CCn3ccnn3)C2)c(F)c2[nH]c(C(=O)O)cc12. The number of hydrogen-bond acceptors (Lipinski definition) is 5. The highest BCUT2D eigenvalue weighted by Crippen LogP contribution is 2.40. The molecular weight excluding hydrogens is 484 g/mol. The molecule has 0 aliphatic carbocycles. The predicted octanol–water partition coefficient (Wildman–Crippen LogP) is 4.12. The van der Waals surface area contributed by atoms with Crippen molar-refractivity contribution in [1.82, 2.24) is 24.9 Å². The third-order valence-electron chi connectivity index (χ3n) is 6.41. The molecule has 1 amide bonds. The predicted molar refractivity (Wildman–Crippen MR) is 131 cm³/mol. The Balaban J connectivity index is 1.55. The normalized spacial score (nSPS) is 13.6. The van der Waals surface area contributed by atoms with Gasteiger partial charge in [0.05, 0.1) is 25.4 Å². The number of carboxylic acid groups (broad SMARTS) is 1. The van der Waals surface area contributed by atoms with Gasteiger partial charge in [0.15, 0.2) is 5.82 Å². The van der Waals surface area contributed by atoms with Gasteiger partial charge in [-0.2, -0.15) is 0 Å². The number of H-pyrrole nitrogens is 1. The first-order chi connectivity index (χ1) is 17.9. The number of aromatic carboxylic acids is 1. The number of nitrogens with one attached hydrogen (secondary N) is 1. The van der Waals surface area contributed by atoms with Gasteiger partial charge in [-0.15, -0.1) is 5.10 Å². The van der Waals surface area contributed by atoms with Crippen molar-refractivity contribution in [1.29, 1.82) is 0 Å². The van der Waals surface area contributed by atoms with Crippen LogP contribution in [0.5, 0.6) is 5.75 Å². The van der Waals surface area contributed by atoms with E-state index in [2.05, 4.69) is 15.3 Å². The summed E-state index contributed by atoms with van der Waals surface area (Å²) in [6.45, 7) is 1.06. The molecular formula is C26H23F2N5O4. The number of carboxylic acids is 1. The molecule has 0 unspecified atom stereocenters. The lowest BCUT2D eigenvalue weighted by atomic mass is 9.92. The zero-order valence-electron chi connectivity index (χ0n) is 19.9. The number of carbonyl (C=O) groups excluding carboxylic acids is 1. The number of carbonyl (C=O) groups is 2. The van der Waals surface area contributed by atoms with Gasteiger partial charge in [-0.05, 0) is 41.8 Å². The number of halogens is 2. The number of amides is 1. The van der Waals surface area contributed by atoms with Crippen LogP contribution in [0.15, 0.2) is 48.8 Å². The molecule has 37 heavy (non-hydrogen) atoms. The largest absolute Gasteiger partial charge is 0.496 e. The second kappa shape index (κ2) is 9.84. The number of benzene rings is 2. The van der Waals surface area contributed by atoms with Crippen LogP contribution >= 0.6 is 0 Å². The van der Waals surface area contributed by atoms with Crippen LogP contribution in [0.1, 0.15) is 28.9 Å². The maximum Gasteiger partial charge on any atom is 0.352 e. The molecule has 4 aromatic rings. The van der Waals surface area contributed by atoms with E-state index < -0.39 is 17.6 Å². The minimum absolute atomic E-state index is 0.00631. The fraction of sp³-hybridized carbons (Fsp3) is 0.231. The molecule has 2 aromatic heterocycles. The van der Waals surface area contributed by atoms with Crippen molar-refractivity contribution in [3.63, 3.8) is 0 Å². The van der Waals surface area contributed by atoms with E-state index in [-0.39, 0.29) is 41.4 Å². The number of aryl methyl sites for hydroxylation is 1. The van der Waals surface area contributed by atoms with Crippen molar-refractivity contribution in [2.75, 3.05) is 20.2 Å². The second-order valence-electron chi connectivity index (χ2n) is 8.66. The highest BCUT2D eigenvalue weighted by molar-refractivity contribution is 6.03. The lowest BCUT2D eigenvalue weighted by Gasteiger charge is -2.28. The van der Waals surface area contributed by atoms with Crippen LogP contribution < -0.4 is 4.74 Å². The Bertz CT molecular complexity index is 1530. The van der Waals surface area contributed by atoms with Crippen molar-refractivity contribution in [3.05, 3.63) is 71.7 Å². The molecule has 0 saturated heterocycles. The second-order valence-corrected chi connectivity index (χ2v) is 8.66. The first-order valence-corrected chi connectivity index (χ1v) is 11.6. The summed E-state index contributed by atoms with van der Waals surface area (Å²) in [7, 11) is 1.40. The van der Waals surface area contributed by atoms with E-state index in [1.807, 2.05) is 6.08 Å².